The second-order valence-corrected chi connectivity index (χ2v) is 5.00. The van der Waals surface area contributed by atoms with E-state index in [0.29, 0.717) is 23.5 Å². The van der Waals surface area contributed by atoms with Gasteiger partial charge < -0.3 is 9.47 Å². The van der Waals surface area contributed by atoms with Crippen molar-refractivity contribution in [2.45, 2.75) is 27.2 Å². The van der Waals surface area contributed by atoms with Crippen LogP contribution in [0.15, 0.2) is 18.2 Å². The Labute approximate surface area is 106 Å². The number of carbonyl (C=O) groups is 2. The molecule has 1 aromatic rings. The molecule has 4 nitrogen and oxygen atoms in total. The predicted molar refractivity (Wildman–Crippen MR) is 66.0 cm³/mol. The molecule has 0 radical (unpaired) electrons. The van der Waals surface area contributed by atoms with Crippen LogP contribution in [0.5, 0.6) is 11.5 Å². The molecule has 0 bridgehead atoms. The number of rotatable bonds is 3. The largest absolute Gasteiger partial charge is 0.485 e. The molecule has 0 N–H and O–H groups in total. The first kappa shape index (κ1) is 12.6. The van der Waals surface area contributed by atoms with Crippen molar-refractivity contribution in [1.29, 1.82) is 0 Å². The number of hydrogen-bond donors (Lipinski definition) is 0. The lowest BCUT2D eigenvalue weighted by molar-refractivity contribution is -0.144. The molecule has 0 aliphatic carbocycles. The molecular weight excluding hydrogens is 232 g/mol. The first-order valence-electron chi connectivity index (χ1n) is 5.96. The Bertz CT molecular complexity index is 503. The third-order valence-corrected chi connectivity index (χ3v) is 3.26. The summed E-state index contributed by atoms with van der Waals surface area (Å²) in [7, 11) is 0. The highest BCUT2D eigenvalue weighted by atomic mass is 16.5. The molecule has 1 heterocycles. The molecular formula is C14H16O4. The number of esters is 1. The Kier molecular flexibility index (Phi) is 3.11. The van der Waals surface area contributed by atoms with Gasteiger partial charge in [0.2, 0.25) is 5.78 Å². The molecule has 96 valence electrons. The van der Waals surface area contributed by atoms with E-state index in [2.05, 4.69) is 0 Å². The lowest BCUT2D eigenvalue weighted by Gasteiger charge is -2.20. The lowest BCUT2D eigenvalue weighted by Crippen LogP contribution is -2.28. The highest BCUT2D eigenvalue weighted by Gasteiger charge is 2.28. The smallest absolute Gasteiger partial charge is 0.316 e. The number of fused-ring (bicyclic) bond motifs is 1. The average molecular weight is 248 g/mol. The molecule has 0 aromatic heterocycles. The average Bonchev–Trinajstić information content (AvgIpc) is 2.71. The number of carbonyl (C=O) groups excluding carboxylic acids is 2. The van der Waals surface area contributed by atoms with Crippen LogP contribution >= 0.6 is 0 Å². The van der Waals surface area contributed by atoms with Crippen molar-refractivity contribution in [3.05, 3.63) is 23.8 Å². The molecule has 18 heavy (non-hydrogen) atoms. The normalized spacial score (nSPS) is 14.1. The highest BCUT2D eigenvalue weighted by molar-refractivity contribution is 6.02. The molecule has 0 unspecified atom stereocenters. The van der Waals surface area contributed by atoms with Crippen LogP contribution in [0, 0.1) is 5.41 Å². The number of Topliss-reactive ketones (excluding diaryl/α,β-unsaturated/α-hetero) is 1. The molecule has 0 amide bonds. The van der Waals surface area contributed by atoms with Crippen LogP contribution in [0.3, 0.4) is 0 Å². The quantitative estimate of drug-likeness (QED) is 0.609. The van der Waals surface area contributed by atoms with Gasteiger partial charge in [0, 0.05) is 0 Å². The molecule has 4 heteroatoms. The van der Waals surface area contributed by atoms with E-state index < -0.39 is 5.41 Å². The lowest BCUT2D eigenvalue weighted by atomic mass is 9.91. The van der Waals surface area contributed by atoms with Crippen molar-refractivity contribution in [3.63, 3.8) is 0 Å². The van der Waals surface area contributed by atoms with Gasteiger partial charge >= 0.3 is 5.97 Å². The molecule has 0 saturated heterocycles. The SMILES string of the molecule is CCC(C)(C)C(=O)Oc1ccc2c(c1)C(=O)CO2. The maximum absolute atomic E-state index is 11.9. The van der Waals surface area contributed by atoms with Crippen LogP contribution in [0.1, 0.15) is 37.6 Å². The summed E-state index contributed by atoms with van der Waals surface area (Å²) in [6.07, 6.45) is 0.693. The summed E-state index contributed by atoms with van der Waals surface area (Å²) in [4.78, 5) is 23.4. The zero-order valence-corrected chi connectivity index (χ0v) is 10.8. The molecule has 0 saturated carbocycles. The van der Waals surface area contributed by atoms with Gasteiger partial charge in [-0.15, -0.1) is 0 Å². The summed E-state index contributed by atoms with van der Waals surface area (Å²) in [5, 5.41) is 0. The van der Waals surface area contributed by atoms with Crippen LogP contribution in [-0.2, 0) is 4.79 Å². The minimum Gasteiger partial charge on any atom is -0.485 e. The predicted octanol–water partition coefficient (Wildman–Crippen LogP) is 2.60. The summed E-state index contributed by atoms with van der Waals surface area (Å²) in [5.41, 5.74) is -0.0471. The van der Waals surface area contributed by atoms with E-state index in [1.807, 2.05) is 20.8 Å². The Hall–Kier alpha value is -1.84. The number of ketones is 1. The third-order valence-electron chi connectivity index (χ3n) is 3.26. The monoisotopic (exact) mass is 248 g/mol. The van der Waals surface area contributed by atoms with Gasteiger partial charge in [-0.25, -0.2) is 0 Å². The summed E-state index contributed by atoms with van der Waals surface area (Å²) in [5.74, 6) is 0.558. The van der Waals surface area contributed by atoms with Crippen molar-refractivity contribution < 1.29 is 19.1 Å². The second-order valence-electron chi connectivity index (χ2n) is 5.00. The number of benzene rings is 1. The topological polar surface area (TPSA) is 52.6 Å². The van der Waals surface area contributed by atoms with Gasteiger partial charge in [-0.3, -0.25) is 9.59 Å². The van der Waals surface area contributed by atoms with E-state index in [-0.39, 0.29) is 18.4 Å². The minimum atomic E-state index is -0.528. The van der Waals surface area contributed by atoms with Crippen molar-refractivity contribution in [2.24, 2.45) is 5.41 Å². The zero-order chi connectivity index (χ0) is 13.3. The van der Waals surface area contributed by atoms with Gasteiger partial charge in [0.25, 0.3) is 0 Å². The summed E-state index contributed by atoms with van der Waals surface area (Å²) in [6, 6.07) is 4.86. The fourth-order valence-electron chi connectivity index (χ4n) is 1.53. The summed E-state index contributed by atoms with van der Waals surface area (Å²) in [6.45, 7) is 5.66. The standard InChI is InChI=1S/C14H16O4/c1-4-14(2,3)13(16)18-9-5-6-12-10(7-9)11(15)8-17-12/h5-7H,4,8H2,1-3H3. The van der Waals surface area contributed by atoms with Gasteiger partial charge in [0.1, 0.15) is 11.5 Å². The van der Waals surface area contributed by atoms with Crippen LogP contribution in [0.25, 0.3) is 0 Å². The Balaban J connectivity index is 2.19. The molecule has 2 rings (SSSR count). The summed E-state index contributed by atoms with van der Waals surface area (Å²) >= 11 is 0. The van der Waals surface area contributed by atoms with Crippen molar-refractivity contribution in [3.8, 4) is 11.5 Å². The summed E-state index contributed by atoms with van der Waals surface area (Å²) < 4.78 is 10.5. The van der Waals surface area contributed by atoms with Crippen LogP contribution in [0.2, 0.25) is 0 Å². The van der Waals surface area contributed by atoms with Gasteiger partial charge in [0.05, 0.1) is 11.0 Å². The van der Waals surface area contributed by atoms with Crippen molar-refractivity contribution in [2.75, 3.05) is 6.61 Å². The molecule has 0 atom stereocenters. The van der Waals surface area contributed by atoms with Crippen LogP contribution in [-0.4, -0.2) is 18.4 Å². The van der Waals surface area contributed by atoms with Crippen LogP contribution in [0.4, 0.5) is 0 Å². The zero-order valence-electron chi connectivity index (χ0n) is 10.8. The van der Waals surface area contributed by atoms with E-state index in [1.54, 1.807) is 18.2 Å². The van der Waals surface area contributed by atoms with Gasteiger partial charge in [0.15, 0.2) is 6.61 Å². The second kappa shape index (κ2) is 4.44. The Morgan fingerprint density at radius 1 is 1.44 bits per heavy atom. The molecule has 1 aromatic carbocycles. The fraction of sp³-hybridized carbons (Fsp3) is 0.429. The highest BCUT2D eigenvalue weighted by Crippen LogP contribution is 2.30. The molecule has 0 spiro atoms. The van der Waals surface area contributed by atoms with Crippen LogP contribution < -0.4 is 9.47 Å². The minimum absolute atomic E-state index is 0.0627. The maximum Gasteiger partial charge on any atom is 0.316 e. The fourth-order valence-corrected chi connectivity index (χ4v) is 1.53. The maximum atomic E-state index is 11.9. The van der Waals surface area contributed by atoms with Crippen molar-refractivity contribution in [1.82, 2.24) is 0 Å². The van der Waals surface area contributed by atoms with Gasteiger partial charge in [-0.2, -0.15) is 0 Å². The Morgan fingerprint density at radius 3 is 2.83 bits per heavy atom. The van der Waals surface area contributed by atoms with Gasteiger partial charge in [-0.1, -0.05) is 6.92 Å². The Morgan fingerprint density at radius 2 is 2.17 bits per heavy atom. The number of hydrogen-bond acceptors (Lipinski definition) is 4. The van der Waals surface area contributed by atoms with E-state index in [1.165, 1.54) is 0 Å². The van der Waals surface area contributed by atoms with E-state index in [9.17, 15) is 9.59 Å². The van der Waals surface area contributed by atoms with Gasteiger partial charge in [-0.05, 0) is 38.5 Å². The van der Waals surface area contributed by atoms with E-state index in [0.717, 1.165) is 0 Å². The van der Waals surface area contributed by atoms with E-state index >= 15 is 0 Å². The van der Waals surface area contributed by atoms with E-state index in [4.69, 9.17) is 9.47 Å². The third kappa shape index (κ3) is 2.23. The molecule has 1 aliphatic rings. The number of ether oxygens (including phenoxy) is 2. The first-order valence-corrected chi connectivity index (χ1v) is 5.96. The first-order chi connectivity index (χ1) is 8.44. The molecule has 0 fully saturated rings. The van der Waals surface area contributed by atoms with Crippen molar-refractivity contribution >= 4 is 11.8 Å². The molecule has 1 aliphatic heterocycles.